The molecule has 0 unspecified atom stereocenters. The fourth-order valence-corrected chi connectivity index (χ4v) is 6.48. The molecule has 6 rings (SSSR count). The molecule has 1 aromatic heterocycles. The number of likely N-dealkylation sites (tertiary alicyclic amines) is 1. The highest BCUT2D eigenvalue weighted by atomic mass is 35.5. The van der Waals surface area contributed by atoms with E-state index in [0.29, 0.717) is 16.1 Å². The van der Waals surface area contributed by atoms with E-state index in [2.05, 4.69) is 33.4 Å². The molecule has 190 valence electrons. The standard InChI is InChI=1S/C30H31ClN4O2/c31-26-4-2-1-3-24(26)28(36)33-27-8-7-21-5-6-22(19-25(21)27)29(37)35-18-13-30(20-35)11-16-34(17-12-30)23-9-14-32-15-10-23/h1-6,9-10,14-15,19,27H,7-8,11-13,16-18,20H2,(H,33,36)/t27-/m0/s1. The summed E-state index contributed by atoms with van der Waals surface area (Å²) in [7, 11) is 0. The van der Waals surface area contributed by atoms with Gasteiger partial charge in [-0.05, 0) is 85.0 Å². The summed E-state index contributed by atoms with van der Waals surface area (Å²) in [6.07, 6.45) is 8.66. The van der Waals surface area contributed by atoms with Gasteiger partial charge in [-0.15, -0.1) is 0 Å². The molecule has 2 saturated heterocycles. The van der Waals surface area contributed by atoms with Crippen LogP contribution in [0.1, 0.15) is 63.6 Å². The van der Waals surface area contributed by atoms with Crippen LogP contribution < -0.4 is 10.2 Å². The van der Waals surface area contributed by atoms with E-state index in [1.165, 1.54) is 11.3 Å². The van der Waals surface area contributed by atoms with Crippen LogP contribution in [0.5, 0.6) is 0 Å². The monoisotopic (exact) mass is 514 g/mol. The van der Waals surface area contributed by atoms with Crippen LogP contribution in [-0.2, 0) is 6.42 Å². The normalized spacial score (nSPS) is 20.2. The first-order chi connectivity index (χ1) is 18.0. The maximum Gasteiger partial charge on any atom is 0.253 e. The predicted octanol–water partition coefficient (Wildman–Crippen LogP) is 5.29. The van der Waals surface area contributed by atoms with Gasteiger partial charge < -0.3 is 15.1 Å². The van der Waals surface area contributed by atoms with Gasteiger partial charge in [0, 0.05) is 49.8 Å². The third-order valence-electron chi connectivity index (χ3n) is 8.47. The van der Waals surface area contributed by atoms with Crippen molar-refractivity contribution in [3.05, 3.63) is 94.3 Å². The van der Waals surface area contributed by atoms with E-state index >= 15 is 0 Å². The summed E-state index contributed by atoms with van der Waals surface area (Å²) in [6.45, 7) is 3.65. The Morgan fingerprint density at radius 2 is 1.73 bits per heavy atom. The number of pyridine rings is 1. The lowest BCUT2D eigenvalue weighted by molar-refractivity contribution is 0.0764. The Labute approximate surface area is 222 Å². The lowest BCUT2D eigenvalue weighted by Crippen LogP contribution is -2.42. The number of nitrogens with one attached hydrogen (secondary N) is 1. The quantitative estimate of drug-likeness (QED) is 0.514. The number of halogens is 1. The van der Waals surface area contributed by atoms with Gasteiger partial charge in [0.15, 0.2) is 0 Å². The second kappa shape index (κ2) is 9.82. The molecule has 1 atom stereocenters. The van der Waals surface area contributed by atoms with Crippen LogP contribution in [0.15, 0.2) is 67.0 Å². The zero-order valence-electron chi connectivity index (χ0n) is 20.8. The molecule has 0 bridgehead atoms. The fraction of sp³-hybridized carbons (Fsp3) is 0.367. The van der Waals surface area contributed by atoms with Crippen molar-refractivity contribution in [2.75, 3.05) is 31.1 Å². The molecular weight excluding hydrogens is 484 g/mol. The van der Waals surface area contributed by atoms with E-state index in [1.54, 1.807) is 12.1 Å². The second-order valence-corrected chi connectivity index (χ2v) is 11.0. The molecule has 2 amide bonds. The third kappa shape index (κ3) is 4.71. The van der Waals surface area contributed by atoms with Crippen molar-refractivity contribution in [2.24, 2.45) is 5.41 Å². The van der Waals surface area contributed by atoms with Crippen LogP contribution in [0.2, 0.25) is 5.02 Å². The Hall–Kier alpha value is -3.38. The summed E-state index contributed by atoms with van der Waals surface area (Å²) in [5.41, 5.74) is 4.87. The zero-order valence-corrected chi connectivity index (χ0v) is 21.6. The minimum absolute atomic E-state index is 0.0966. The van der Waals surface area contributed by atoms with Crippen molar-refractivity contribution in [1.82, 2.24) is 15.2 Å². The van der Waals surface area contributed by atoms with Crippen LogP contribution in [-0.4, -0.2) is 47.9 Å². The molecule has 2 aromatic carbocycles. The first-order valence-corrected chi connectivity index (χ1v) is 13.5. The van der Waals surface area contributed by atoms with Crippen LogP contribution >= 0.6 is 11.6 Å². The second-order valence-electron chi connectivity index (χ2n) is 10.6. The minimum atomic E-state index is -0.181. The van der Waals surface area contributed by atoms with Crippen LogP contribution in [0.3, 0.4) is 0 Å². The number of aromatic nitrogens is 1. The highest BCUT2D eigenvalue weighted by Crippen LogP contribution is 2.42. The van der Waals surface area contributed by atoms with Gasteiger partial charge in [-0.1, -0.05) is 29.8 Å². The van der Waals surface area contributed by atoms with E-state index in [4.69, 9.17) is 11.6 Å². The van der Waals surface area contributed by atoms with Gasteiger partial charge in [0.25, 0.3) is 11.8 Å². The number of anilines is 1. The largest absolute Gasteiger partial charge is 0.371 e. The van der Waals surface area contributed by atoms with Crippen molar-refractivity contribution in [3.8, 4) is 0 Å². The van der Waals surface area contributed by atoms with Gasteiger partial charge in [0.1, 0.15) is 0 Å². The lowest BCUT2D eigenvalue weighted by Gasteiger charge is -2.40. The maximum atomic E-state index is 13.6. The highest BCUT2D eigenvalue weighted by Gasteiger charge is 2.42. The summed E-state index contributed by atoms with van der Waals surface area (Å²) < 4.78 is 0. The molecule has 3 aromatic rings. The van der Waals surface area contributed by atoms with Crippen molar-refractivity contribution in [2.45, 2.75) is 38.1 Å². The van der Waals surface area contributed by atoms with Gasteiger partial charge in [-0.3, -0.25) is 14.6 Å². The number of carbonyl (C=O) groups is 2. The molecule has 7 heteroatoms. The Morgan fingerprint density at radius 1 is 0.973 bits per heavy atom. The third-order valence-corrected chi connectivity index (χ3v) is 8.80. The molecular formula is C30H31ClN4O2. The Morgan fingerprint density at radius 3 is 2.51 bits per heavy atom. The van der Waals surface area contributed by atoms with E-state index in [9.17, 15) is 9.59 Å². The van der Waals surface area contributed by atoms with Gasteiger partial charge in [0.05, 0.1) is 16.6 Å². The predicted molar refractivity (Wildman–Crippen MR) is 145 cm³/mol. The van der Waals surface area contributed by atoms with Crippen LogP contribution in [0, 0.1) is 5.41 Å². The number of fused-ring (bicyclic) bond motifs is 1. The molecule has 3 heterocycles. The maximum absolute atomic E-state index is 13.6. The Kier molecular flexibility index (Phi) is 6.37. The van der Waals surface area contributed by atoms with Crippen molar-refractivity contribution >= 4 is 29.1 Å². The molecule has 37 heavy (non-hydrogen) atoms. The number of nitrogens with zero attached hydrogens (tertiary/aromatic N) is 3. The molecule has 1 spiro atoms. The Bertz CT molecular complexity index is 1320. The summed E-state index contributed by atoms with van der Waals surface area (Å²) in [5, 5.41) is 3.58. The van der Waals surface area contributed by atoms with E-state index in [-0.39, 0.29) is 23.3 Å². The molecule has 1 N–H and O–H groups in total. The first-order valence-electron chi connectivity index (χ1n) is 13.1. The average Bonchev–Trinajstić information content (AvgIpc) is 3.53. The van der Waals surface area contributed by atoms with E-state index < -0.39 is 0 Å². The summed E-state index contributed by atoms with van der Waals surface area (Å²) >= 11 is 6.23. The number of amides is 2. The first kappa shape index (κ1) is 24.0. The lowest BCUT2D eigenvalue weighted by atomic mass is 9.77. The smallest absolute Gasteiger partial charge is 0.253 e. The van der Waals surface area contributed by atoms with E-state index in [0.717, 1.165) is 63.8 Å². The summed E-state index contributed by atoms with van der Waals surface area (Å²) in [6, 6.07) is 17.1. The number of hydrogen-bond donors (Lipinski definition) is 1. The molecule has 0 radical (unpaired) electrons. The van der Waals surface area contributed by atoms with Gasteiger partial charge in [0.2, 0.25) is 0 Å². The highest BCUT2D eigenvalue weighted by molar-refractivity contribution is 6.33. The molecule has 3 aliphatic rings. The molecule has 2 fully saturated rings. The van der Waals surface area contributed by atoms with Crippen LogP contribution in [0.4, 0.5) is 5.69 Å². The molecule has 6 nitrogen and oxygen atoms in total. The van der Waals surface area contributed by atoms with Crippen LogP contribution in [0.25, 0.3) is 0 Å². The number of carbonyl (C=O) groups excluding carboxylic acids is 2. The van der Waals surface area contributed by atoms with Crippen molar-refractivity contribution in [3.63, 3.8) is 0 Å². The van der Waals surface area contributed by atoms with Crippen molar-refractivity contribution in [1.29, 1.82) is 0 Å². The van der Waals surface area contributed by atoms with E-state index in [1.807, 2.05) is 41.6 Å². The zero-order chi connectivity index (χ0) is 25.4. The fourth-order valence-electron chi connectivity index (χ4n) is 6.26. The molecule has 2 aliphatic heterocycles. The van der Waals surface area contributed by atoms with Gasteiger partial charge >= 0.3 is 0 Å². The minimum Gasteiger partial charge on any atom is -0.371 e. The van der Waals surface area contributed by atoms with Crippen molar-refractivity contribution < 1.29 is 9.59 Å². The number of aryl methyl sites for hydroxylation is 1. The molecule has 0 saturated carbocycles. The Balaban J connectivity index is 1.12. The van der Waals surface area contributed by atoms with Gasteiger partial charge in [-0.2, -0.15) is 0 Å². The van der Waals surface area contributed by atoms with Gasteiger partial charge in [-0.25, -0.2) is 0 Å². The summed E-state index contributed by atoms with van der Waals surface area (Å²) in [5.74, 6) is -0.0842. The topological polar surface area (TPSA) is 65.5 Å². The summed E-state index contributed by atoms with van der Waals surface area (Å²) in [4.78, 5) is 35.0. The number of hydrogen-bond acceptors (Lipinski definition) is 4. The number of benzene rings is 2. The number of piperidine rings is 1. The molecule has 1 aliphatic carbocycles. The number of rotatable bonds is 4. The average molecular weight is 515 g/mol. The SMILES string of the molecule is O=C(N[C@H]1CCc2ccc(C(=O)N3CCC4(CCN(c5ccncc5)CC4)C3)cc21)c1ccccc1Cl.